The van der Waals surface area contributed by atoms with Crippen molar-refractivity contribution >= 4 is 5.97 Å². The molecule has 0 saturated carbocycles. The molecular formula is C14H20O4. The molecule has 4 nitrogen and oxygen atoms in total. The summed E-state index contributed by atoms with van der Waals surface area (Å²) in [5.41, 5.74) is 1.51. The Kier molecular flexibility index (Phi) is 5.65. The van der Waals surface area contributed by atoms with E-state index in [0.717, 1.165) is 24.8 Å². The van der Waals surface area contributed by atoms with Gasteiger partial charge >= 0.3 is 5.97 Å². The van der Waals surface area contributed by atoms with Crippen LogP contribution in [0, 0.1) is 0 Å². The summed E-state index contributed by atoms with van der Waals surface area (Å²) in [7, 11) is 2.93. The Labute approximate surface area is 108 Å². The number of hydrogen-bond acceptors (Lipinski definition) is 4. The first kappa shape index (κ1) is 14.5. The summed E-state index contributed by atoms with van der Waals surface area (Å²) in [6.45, 7) is 1.78. The van der Waals surface area contributed by atoms with Gasteiger partial charge in [0.15, 0.2) is 0 Å². The van der Waals surface area contributed by atoms with Gasteiger partial charge in [0.05, 0.1) is 25.9 Å². The Morgan fingerprint density at radius 1 is 1.39 bits per heavy atom. The van der Waals surface area contributed by atoms with E-state index in [1.807, 2.05) is 6.07 Å². The lowest BCUT2D eigenvalue weighted by atomic mass is 10.0. The second kappa shape index (κ2) is 7.01. The molecule has 18 heavy (non-hydrogen) atoms. The SMILES string of the molecule is COC(=O)c1ccc(CCCC(C)O)c(OC)c1. The minimum atomic E-state index is -0.371. The highest BCUT2D eigenvalue weighted by atomic mass is 16.5. The first-order valence-electron chi connectivity index (χ1n) is 6.01. The topological polar surface area (TPSA) is 55.8 Å². The molecule has 1 aromatic carbocycles. The van der Waals surface area contributed by atoms with Crippen LogP contribution >= 0.6 is 0 Å². The van der Waals surface area contributed by atoms with Crippen LogP contribution in [-0.4, -0.2) is 31.4 Å². The Hall–Kier alpha value is -1.55. The number of methoxy groups -OCH3 is 2. The molecule has 1 rings (SSSR count). The van der Waals surface area contributed by atoms with Crippen LogP contribution < -0.4 is 4.74 Å². The van der Waals surface area contributed by atoms with Crippen LogP contribution in [0.15, 0.2) is 18.2 Å². The zero-order chi connectivity index (χ0) is 13.5. The smallest absolute Gasteiger partial charge is 0.337 e. The average molecular weight is 252 g/mol. The Morgan fingerprint density at radius 2 is 2.11 bits per heavy atom. The predicted octanol–water partition coefficient (Wildman–Crippen LogP) is 2.19. The highest BCUT2D eigenvalue weighted by molar-refractivity contribution is 5.89. The van der Waals surface area contributed by atoms with Gasteiger partial charge in [-0.25, -0.2) is 4.79 Å². The molecule has 0 bridgehead atoms. The molecule has 1 atom stereocenters. The van der Waals surface area contributed by atoms with Crippen LogP contribution in [0.5, 0.6) is 5.75 Å². The fourth-order valence-electron chi connectivity index (χ4n) is 1.78. The lowest BCUT2D eigenvalue weighted by molar-refractivity contribution is 0.0600. The van der Waals surface area contributed by atoms with E-state index in [2.05, 4.69) is 4.74 Å². The van der Waals surface area contributed by atoms with Crippen molar-refractivity contribution in [3.63, 3.8) is 0 Å². The van der Waals surface area contributed by atoms with E-state index in [9.17, 15) is 9.90 Å². The summed E-state index contributed by atoms with van der Waals surface area (Å²) in [5.74, 6) is 0.312. The van der Waals surface area contributed by atoms with Crippen LogP contribution in [0.3, 0.4) is 0 Å². The average Bonchev–Trinajstić information content (AvgIpc) is 2.37. The molecule has 0 saturated heterocycles. The monoisotopic (exact) mass is 252 g/mol. The van der Waals surface area contributed by atoms with Crippen molar-refractivity contribution in [2.75, 3.05) is 14.2 Å². The summed E-state index contributed by atoms with van der Waals surface area (Å²) < 4.78 is 9.93. The molecule has 0 fully saturated rings. The summed E-state index contributed by atoms with van der Waals surface area (Å²) in [6, 6.07) is 5.28. The van der Waals surface area contributed by atoms with Gasteiger partial charge in [-0.2, -0.15) is 0 Å². The standard InChI is InChI=1S/C14H20O4/c1-10(15)5-4-6-11-7-8-12(14(16)18-3)9-13(11)17-2/h7-10,15H,4-6H2,1-3H3. The molecule has 100 valence electrons. The van der Waals surface area contributed by atoms with Crippen LogP contribution in [-0.2, 0) is 11.2 Å². The highest BCUT2D eigenvalue weighted by Gasteiger charge is 2.10. The maximum Gasteiger partial charge on any atom is 0.337 e. The normalized spacial score (nSPS) is 12.0. The van der Waals surface area contributed by atoms with E-state index in [-0.39, 0.29) is 12.1 Å². The van der Waals surface area contributed by atoms with Crippen LogP contribution in [0.25, 0.3) is 0 Å². The minimum absolute atomic E-state index is 0.287. The summed E-state index contributed by atoms with van der Waals surface area (Å²) in [6.07, 6.45) is 2.16. The van der Waals surface area contributed by atoms with E-state index < -0.39 is 0 Å². The molecular weight excluding hydrogens is 232 g/mol. The molecule has 0 aliphatic carbocycles. The molecule has 0 spiro atoms. The Bertz CT molecular complexity index is 399. The number of aryl methyl sites for hydroxylation is 1. The van der Waals surface area contributed by atoms with E-state index in [1.165, 1.54) is 7.11 Å². The maximum atomic E-state index is 11.4. The van der Waals surface area contributed by atoms with Gasteiger partial charge in [0.1, 0.15) is 5.75 Å². The number of aliphatic hydroxyl groups is 1. The lowest BCUT2D eigenvalue weighted by Crippen LogP contribution is -2.04. The van der Waals surface area contributed by atoms with Gasteiger partial charge in [0, 0.05) is 0 Å². The second-order valence-corrected chi connectivity index (χ2v) is 4.26. The van der Waals surface area contributed by atoms with Crippen molar-refractivity contribution in [1.82, 2.24) is 0 Å². The Balaban J connectivity index is 2.77. The van der Waals surface area contributed by atoms with E-state index >= 15 is 0 Å². The summed E-state index contributed by atoms with van der Waals surface area (Å²) in [5, 5.41) is 9.21. The fraction of sp³-hybridized carbons (Fsp3) is 0.500. The van der Waals surface area contributed by atoms with Crippen LogP contribution in [0.2, 0.25) is 0 Å². The van der Waals surface area contributed by atoms with Crippen molar-refractivity contribution in [3.8, 4) is 5.75 Å². The molecule has 0 aliphatic rings. The number of hydrogen-bond donors (Lipinski definition) is 1. The van der Waals surface area contributed by atoms with Gasteiger partial charge in [0.2, 0.25) is 0 Å². The van der Waals surface area contributed by atoms with Crippen molar-refractivity contribution in [1.29, 1.82) is 0 Å². The van der Waals surface area contributed by atoms with Crippen LogP contribution in [0.1, 0.15) is 35.7 Å². The number of carbonyl (C=O) groups is 1. The van der Waals surface area contributed by atoms with Crippen molar-refractivity contribution in [2.45, 2.75) is 32.3 Å². The van der Waals surface area contributed by atoms with Gasteiger partial charge in [-0.15, -0.1) is 0 Å². The number of ether oxygens (including phenoxy) is 2. The molecule has 0 heterocycles. The maximum absolute atomic E-state index is 11.4. The van der Waals surface area contributed by atoms with Gasteiger partial charge in [-0.05, 0) is 43.9 Å². The largest absolute Gasteiger partial charge is 0.496 e. The molecule has 0 radical (unpaired) electrons. The van der Waals surface area contributed by atoms with Gasteiger partial charge in [-0.1, -0.05) is 6.07 Å². The fourth-order valence-corrected chi connectivity index (χ4v) is 1.78. The number of rotatable bonds is 6. The Morgan fingerprint density at radius 3 is 2.67 bits per heavy atom. The first-order chi connectivity index (χ1) is 8.58. The van der Waals surface area contributed by atoms with E-state index in [0.29, 0.717) is 11.3 Å². The lowest BCUT2D eigenvalue weighted by Gasteiger charge is -2.10. The van der Waals surface area contributed by atoms with Crippen LogP contribution in [0.4, 0.5) is 0 Å². The summed E-state index contributed by atoms with van der Waals surface area (Å²) in [4.78, 5) is 11.4. The second-order valence-electron chi connectivity index (χ2n) is 4.26. The van der Waals surface area contributed by atoms with Crippen molar-refractivity contribution < 1.29 is 19.4 Å². The third-order valence-corrected chi connectivity index (χ3v) is 2.78. The third kappa shape index (κ3) is 4.04. The quantitative estimate of drug-likeness (QED) is 0.788. The zero-order valence-electron chi connectivity index (χ0n) is 11.1. The highest BCUT2D eigenvalue weighted by Crippen LogP contribution is 2.22. The molecule has 1 unspecified atom stereocenters. The van der Waals surface area contributed by atoms with Crippen molar-refractivity contribution in [2.24, 2.45) is 0 Å². The van der Waals surface area contributed by atoms with Gasteiger partial charge in [0.25, 0.3) is 0 Å². The third-order valence-electron chi connectivity index (χ3n) is 2.78. The molecule has 0 aromatic heterocycles. The van der Waals surface area contributed by atoms with Gasteiger partial charge in [-0.3, -0.25) is 0 Å². The minimum Gasteiger partial charge on any atom is -0.496 e. The predicted molar refractivity (Wildman–Crippen MR) is 69.0 cm³/mol. The molecule has 0 amide bonds. The first-order valence-corrected chi connectivity index (χ1v) is 6.01. The molecule has 0 aliphatic heterocycles. The van der Waals surface area contributed by atoms with E-state index in [1.54, 1.807) is 26.2 Å². The van der Waals surface area contributed by atoms with Crippen molar-refractivity contribution in [3.05, 3.63) is 29.3 Å². The van der Waals surface area contributed by atoms with E-state index in [4.69, 9.17) is 4.74 Å². The number of aliphatic hydroxyl groups excluding tert-OH is 1. The molecule has 1 N–H and O–H groups in total. The molecule has 4 heteroatoms. The number of esters is 1. The molecule has 1 aromatic rings. The zero-order valence-corrected chi connectivity index (χ0v) is 11.1. The number of carbonyl (C=O) groups excluding carboxylic acids is 1. The van der Waals surface area contributed by atoms with Gasteiger partial charge < -0.3 is 14.6 Å². The summed E-state index contributed by atoms with van der Waals surface area (Å²) >= 11 is 0. The number of benzene rings is 1.